The second kappa shape index (κ2) is 5.34. The molecule has 1 atom stereocenters. The SMILES string of the molecule is CSC[C@@H](CO)NS(=O)(=O)C(C)(C)C. The topological polar surface area (TPSA) is 66.4 Å². The van der Waals surface area contributed by atoms with Crippen LogP contribution in [-0.2, 0) is 10.0 Å². The van der Waals surface area contributed by atoms with Gasteiger partial charge in [-0.15, -0.1) is 0 Å². The Morgan fingerprint density at radius 2 is 1.93 bits per heavy atom. The molecule has 0 saturated heterocycles. The number of aliphatic hydroxyl groups is 1. The van der Waals surface area contributed by atoms with Gasteiger partial charge in [-0.25, -0.2) is 13.1 Å². The molecule has 0 unspecified atom stereocenters. The Hall–Kier alpha value is 0.220. The molecule has 2 N–H and O–H groups in total. The average molecular weight is 241 g/mol. The van der Waals surface area contributed by atoms with Gasteiger partial charge in [-0.3, -0.25) is 0 Å². The minimum Gasteiger partial charge on any atom is -0.395 e. The number of hydrogen-bond donors (Lipinski definition) is 2. The van der Waals surface area contributed by atoms with Gasteiger partial charge in [0.2, 0.25) is 10.0 Å². The van der Waals surface area contributed by atoms with E-state index in [1.807, 2.05) is 6.26 Å². The van der Waals surface area contributed by atoms with Crippen LogP contribution in [0.3, 0.4) is 0 Å². The van der Waals surface area contributed by atoms with Crippen molar-refractivity contribution in [3.8, 4) is 0 Å². The molecule has 4 nitrogen and oxygen atoms in total. The Labute approximate surface area is 90.5 Å². The highest BCUT2D eigenvalue weighted by Crippen LogP contribution is 2.14. The van der Waals surface area contributed by atoms with Crippen molar-refractivity contribution in [2.24, 2.45) is 0 Å². The Morgan fingerprint density at radius 3 is 2.21 bits per heavy atom. The third-order valence-electron chi connectivity index (χ3n) is 1.72. The molecular weight excluding hydrogens is 222 g/mol. The van der Waals surface area contributed by atoms with Crippen LogP contribution in [0.25, 0.3) is 0 Å². The smallest absolute Gasteiger partial charge is 0.216 e. The normalized spacial score (nSPS) is 15.5. The Morgan fingerprint density at radius 1 is 1.43 bits per heavy atom. The van der Waals surface area contributed by atoms with Crippen molar-refractivity contribution in [3.63, 3.8) is 0 Å². The number of nitrogens with one attached hydrogen (secondary N) is 1. The standard InChI is InChI=1S/C8H19NO3S2/c1-8(2,3)14(11,12)9-7(5-10)6-13-4/h7,9-10H,5-6H2,1-4H3/t7-/m1/s1. The van der Waals surface area contributed by atoms with Gasteiger partial charge in [0.05, 0.1) is 17.4 Å². The third-order valence-corrected chi connectivity index (χ3v) is 4.71. The molecule has 0 amide bonds. The third kappa shape index (κ3) is 4.16. The quantitative estimate of drug-likeness (QED) is 0.732. The first-order valence-electron chi connectivity index (χ1n) is 4.36. The summed E-state index contributed by atoms with van der Waals surface area (Å²) in [6, 6.07) is -0.394. The van der Waals surface area contributed by atoms with Crippen LogP contribution in [0.1, 0.15) is 20.8 Å². The number of sulfonamides is 1. The first-order valence-corrected chi connectivity index (χ1v) is 7.24. The zero-order valence-corrected chi connectivity index (χ0v) is 10.7. The molecular formula is C8H19NO3S2. The van der Waals surface area contributed by atoms with Crippen molar-refractivity contribution in [2.45, 2.75) is 31.6 Å². The van der Waals surface area contributed by atoms with Gasteiger partial charge in [0.25, 0.3) is 0 Å². The lowest BCUT2D eigenvalue weighted by Crippen LogP contribution is -2.47. The van der Waals surface area contributed by atoms with E-state index in [-0.39, 0.29) is 6.61 Å². The van der Waals surface area contributed by atoms with Crippen molar-refractivity contribution in [2.75, 3.05) is 18.6 Å². The molecule has 0 aliphatic heterocycles. The lowest BCUT2D eigenvalue weighted by Gasteiger charge is -2.23. The van der Waals surface area contributed by atoms with Crippen molar-refractivity contribution >= 4 is 21.8 Å². The van der Waals surface area contributed by atoms with Crippen LogP contribution in [0.4, 0.5) is 0 Å². The van der Waals surface area contributed by atoms with Crippen LogP contribution in [0.5, 0.6) is 0 Å². The maximum atomic E-state index is 11.7. The van der Waals surface area contributed by atoms with Crippen LogP contribution in [0.15, 0.2) is 0 Å². The number of thioether (sulfide) groups is 1. The molecule has 6 heteroatoms. The Balaban J connectivity index is 4.49. The maximum Gasteiger partial charge on any atom is 0.216 e. The summed E-state index contributed by atoms with van der Waals surface area (Å²) in [5, 5.41) is 8.95. The first kappa shape index (κ1) is 14.2. The fourth-order valence-corrected chi connectivity index (χ4v) is 2.37. The molecule has 0 aromatic rings. The maximum absolute atomic E-state index is 11.7. The van der Waals surface area contributed by atoms with Gasteiger partial charge in [-0.05, 0) is 27.0 Å². The molecule has 0 radical (unpaired) electrons. The second-order valence-corrected chi connectivity index (χ2v) is 7.45. The van der Waals surface area contributed by atoms with Crippen LogP contribution >= 0.6 is 11.8 Å². The van der Waals surface area contributed by atoms with Crippen LogP contribution < -0.4 is 4.72 Å². The van der Waals surface area contributed by atoms with E-state index in [9.17, 15) is 8.42 Å². The second-order valence-electron chi connectivity index (χ2n) is 4.07. The zero-order valence-electron chi connectivity index (χ0n) is 9.07. The molecule has 0 heterocycles. The van der Waals surface area contributed by atoms with Gasteiger partial charge in [0, 0.05) is 5.75 Å². The molecule has 14 heavy (non-hydrogen) atoms. The van der Waals surface area contributed by atoms with Gasteiger partial charge < -0.3 is 5.11 Å². The monoisotopic (exact) mass is 241 g/mol. The van der Waals surface area contributed by atoms with Crippen LogP contribution in [-0.4, -0.2) is 42.9 Å². The Bertz CT molecular complexity index is 256. The minimum absolute atomic E-state index is 0.170. The van der Waals surface area contributed by atoms with E-state index in [1.54, 1.807) is 20.8 Å². The number of hydrogen-bond acceptors (Lipinski definition) is 4. The van der Waals surface area contributed by atoms with Gasteiger partial charge in [0.1, 0.15) is 0 Å². The fraction of sp³-hybridized carbons (Fsp3) is 1.00. The highest BCUT2D eigenvalue weighted by Gasteiger charge is 2.30. The lowest BCUT2D eigenvalue weighted by molar-refractivity contribution is 0.266. The molecule has 0 spiro atoms. The summed E-state index contributed by atoms with van der Waals surface area (Å²) in [6.45, 7) is 4.71. The predicted molar refractivity (Wildman–Crippen MR) is 61.1 cm³/mol. The van der Waals surface area contributed by atoms with Crippen molar-refractivity contribution in [3.05, 3.63) is 0 Å². The fourth-order valence-electron chi connectivity index (χ4n) is 0.721. The van der Waals surface area contributed by atoms with Crippen molar-refractivity contribution in [1.82, 2.24) is 4.72 Å². The largest absolute Gasteiger partial charge is 0.395 e. The predicted octanol–water partition coefficient (Wildman–Crippen LogP) is 0.428. The summed E-state index contributed by atoms with van der Waals surface area (Å²) in [5.74, 6) is 0.575. The van der Waals surface area contributed by atoms with Gasteiger partial charge in [-0.2, -0.15) is 11.8 Å². The molecule has 0 saturated carbocycles. The summed E-state index contributed by atoms with van der Waals surface area (Å²) in [6.07, 6.45) is 1.87. The van der Waals surface area contributed by atoms with Crippen molar-refractivity contribution in [1.29, 1.82) is 0 Å². The van der Waals surface area contributed by atoms with E-state index in [4.69, 9.17) is 5.11 Å². The summed E-state index contributed by atoms with van der Waals surface area (Å²) in [7, 11) is -3.35. The molecule has 0 fully saturated rings. The molecule has 0 aromatic heterocycles. The molecule has 0 aliphatic carbocycles. The van der Waals surface area contributed by atoms with E-state index < -0.39 is 20.8 Å². The Kier molecular flexibility index (Phi) is 5.43. The molecule has 0 aromatic carbocycles. The number of rotatable bonds is 5. The van der Waals surface area contributed by atoms with Crippen molar-refractivity contribution < 1.29 is 13.5 Å². The van der Waals surface area contributed by atoms with Crippen LogP contribution in [0, 0.1) is 0 Å². The van der Waals surface area contributed by atoms with Crippen LogP contribution in [0.2, 0.25) is 0 Å². The number of aliphatic hydroxyl groups excluding tert-OH is 1. The van der Waals surface area contributed by atoms with Gasteiger partial charge >= 0.3 is 0 Å². The van der Waals surface area contributed by atoms with E-state index >= 15 is 0 Å². The summed E-state index contributed by atoms with van der Waals surface area (Å²) in [5.41, 5.74) is 0. The lowest BCUT2D eigenvalue weighted by atomic mass is 10.3. The first-order chi connectivity index (χ1) is 6.24. The molecule has 0 aliphatic rings. The summed E-state index contributed by atoms with van der Waals surface area (Å²) < 4.78 is 25.0. The summed E-state index contributed by atoms with van der Waals surface area (Å²) >= 11 is 1.50. The van der Waals surface area contributed by atoms with E-state index in [0.717, 1.165) is 0 Å². The van der Waals surface area contributed by atoms with E-state index in [0.29, 0.717) is 5.75 Å². The van der Waals surface area contributed by atoms with Gasteiger partial charge in [0.15, 0.2) is 0 Å². The molecule has 0 bridgehead atoms. The van der Waals surface area contributed by atoms with E-state index in [2.05, 4.69) is 4.72 Å². The van der Waals surface area contributed by atoms with E-state index in [1.165, 1.54) is 11.8 Å². The molecule has 0 rings (SSSR count). The molecule has 86 valence electrons. The average Bonchev–Trinajstić information content (AvgIpc) is 2.01. The summed E-state index contributed by atoms with van der Waals surface area (Å²) in [4.78, 5) is 0. The highest BCUT2D eigenvalue weighted by molar-refractivity contribution is 7.98. The minimum atomic E-state index is -3.35. The highest BCUT2D eigenvalue weighted by atomic mass is 32.2. The zero-order chi connectivity index (χ0) is 11.4. The van der Waals surface area contributed by atoms with Gasteiger partial charge in [-0.1, -0.05) is 0 Å².